The molecule has 1 heterocycles. The molecule has 0 aliphatic rings. The topological polar surface area (TPSA) is 73.6 Å². The summed E-state index contributed by atoms with van der Waals surface area (Å²) in [6.07, 6.45) is 0. The quantitative estimate of drug-likeness (QED) is 0.790. The Labute approximate surface area is 94.0 Å². The number of benzene rings is 1. The molecule has 1 aromatic heterocycles. The smallest absolute Gasteiger partial charge is 0.340 e. The first-order valence-electron chi connectivity index (χ1n) is 4.37. The van der Waals surface area contributed by atoms with E-state index >= 15 is 0 Å². The van der Waals surface area contributed by atoms with Gasteiger partial charge in [0.15, 0.2) is 0 Å². The third kappa shape index (κ3) is 2.69. The molecule has 0 amide bonds. The van der Waals surface area contributed by atoms with Gasteiger partial charge in [-0.15, -0.1) is 0 Å². The van der Waals surface area contributed by atoms with Crippen LogP contribution in [0.5, 0.6) is 0 Å². The van der Waals surface area contributed by atoms with Gasteiger partial charge in [-0.25, -0.2) is 9.89 Å². The van der Waals surface area contributed by atoms with Crippen LogP contribution < -0.4 is 11.0 Å². The molecule has 3 N–H and O–H groups in total. The standard InChI is InChI=1S/C9H9BrN4O/c10-6-1-3-7(4-2-6)11-5-8-12-9(15)14-13-8/h1-4,11H,5H2,(H2,12,13,14,15). The van der Waals surface area contributed by atoms with Gasteiger partial charge >= 0.3 is 5.69 Å². The summed E-state index contributed by atoms with van der Waals surface area (Å²) in [5.74, 6) is 0.586. The molecule has 0 unspecified atom stereocenters. The molecule has 0 aliphatic heterocycles. The van der Waals surface area contributed by atoms with Gasteiger partial charge in [-0.05, 0) is 24.3 Å². The van der Waals surface area contributed by atoms with E-state index in [1.54, 1.807) is 0 Å². The van der Waals surface area contributed by atoms with E-state index in [4.69, 9.17) is 0 Å². The van der Waals surface area contributed by atoms with Gasteiger partial charge < -0.3 is 5.32 Å². The zero-order valence-electron chi connectivity index (χ0n) is 7.75. The molecule has 0 saturated carbocycles. The Kier molecular flexibility index (Phi) is 2.86. The van der Waals surface area contributed by atoms with E-state index in [1.807, 2.05) is 24.3 Å². The lowest BCUT2D eigenvalue weighted by atomic mass is 10.3. The van der Waals surface area contributed by atoms with E-state index in [1.165, 1.54) is 0 Å². The third-order valence-corrected chi connectivity index (χ3v) is 2.38. The molecular formula is C9H9BrN4O. The van der Waals surface area contributed by atoms with Crippen LogP contribution in [0.15, 0.2) is 33.5 Å². The van der Waals surface area contributed by atoms with Crippen molar-refractivity contribution in [3.8, 4) is 0 Å². The van der Waals surface area contributed by atoms with Crippen molar-refractivity contribution >= 4 is 21.6 Å². The Morgan fingerprint density at radius 1 is 1.33 bits per heavy atom. The normalized spacial score (nSPS) is 10.2. The molecule has 0 radical (unpaired) electrons. The fourth-order valence-electron chi connectivity index (χ4n) is 1.14. The minimum absolute atomic E-state index is 0.289. The Morgan fingerprint density at radius 2 is 2.07 bits per heavy atom. The predicted octanol–water partition coefficient (Wildman–Crippen LogP) is 1.47. The molecule has 5 nitrogen and oxygen atoms in total. The molecule has 2 aromatic rings. The monoisotopic (exact) mass is 268 g/mol. The number of aromatic nitrogens is 3. The minimum Gasteiger partial charge on any atom is -0.378 e. The number of rotatable bonds is 3. The molecule has 78 valence electrons. The summed E-state index contributed by atoms with van der Waals surface area (Å²) in [6.45, 7) is 0.486. The van der Waals surface area contributed by atoms with E-state index in [9.17, 15) is 4.79 Å². The van der Waals surface area contributed by atoms with E-state index in [0.29, 0.717) is 12.4 Å². The van der Waals surface area contributed by atoms with Gasteiger partial charge in [-0.3, -0.25) is 4.98 Å². The molecular weight excluding hydrogens is 260 g/mol. The van der Waals surface area contributed by atoms with Crippen LogP contribution >= 0.6 is 15.9 Å². The largest absolute Gasteiger partial charge is 0.378 e. The summed E-state index contributed by atoms with van der Waals surface area (Å²) in [7, 11) is 0. The van der Waals surface area contributed by atoms with Gasteiger partial charge in [0.1, 0.15) is 5.82 Å². The Bertz CT molecular complexity index is 487. The number of hydrogen-bond acceptors (Lipinski definition) is 3. The summed E-state index contributed by atoms with van der Waals surface area (Å²) in [5.41, 5.74) is 0.685. The highest BCUT2D eigenvalue weighted by Gasteiger charge is 1.97. The highest BCUT2D eigenvalue weighted by Crippen LogP contribution is 2.14. The van der Waals surface area contributed by atoms with Gasteiger partial charge in [-0.2, -0.15) is 5.10 Å². The first-order chi connectivity index (χ1) is 7.24. The van der Waals surface area contributed by atoms with Crippen molar-refractivity contribution in [1.29, 1.82) is 0 Å². The van der Waals surface area contributed by atoms with Gasteiger partial charge in [0.05, 0.1) is 6.54 Å². The zero-order valence-corrected chi connectivity index (χ0v) is 9.34. The van der Waals surface area contributed by atoms with E-state index < -0.39 is 0 Å². The van der Waals surface area contributed by atoms with Crippen molar-refractivity contribution in [2.24, 2.45) is 0 Å². The van der Waals surface area contributed by atoms with E-state index in [2.05, 4.69) is 36.4 Å². The number of hydrogen-bond donors (Lipinski definition) is 3. The van der Waals surface area contributed by atoms with Crippen molar-refractivity contribution in [1.82, 2.24) is 15.2 Å². The van der Waals surface area contributed by atoms with Gasteiger partial charge in [0, 0.05) is 10.2 Å². The zero-order chi connectivity index (χ0) is 10.7. The number of H-pyrrole nitrogens is 2. The molecule has 6 heteroatoms. The molecule has 1 aromatic carbocycles. The maximum absolute atomic E-state index is 10.7. The second kappa shape index (κ2) is 4.31. The van der Waals surface area contributed by atoms with Crippen molar-refractivity contribution in [2.75, 3.05) is 5.32 Å². The number of halogens is 1. The first kappa shape index (κ1) is 9.97. The van der Waals surface area contributed by atoms with Gasteiger partial charge in [-0.1, -0.05) is 15.9 Å². The van der Waals surface area contributed by atoms with Crippen LogP contribution in [0, 0.1) is 0 Å². The van der Waals surface area contributed by atoms with Crippen LogP contribution in [0.3, 0.4) is 0 Å². The third-order valence-electron chi connectivity index (χ3n) is 1.85. The number of nitrogens with one attached hydrogen (secondary N) is 3. The molecule has 0 spiro atoms. The summed E-state index contributed by atoms with van der Waals surface area (Å²) in [5, 5.41) is 9.22. The average molecular weight is 269 g/mol. The lowest BCUT2D eigenvalue weighted by molar-refractivity contribution is 0.953. The number of anilines is 1. The number of aromatic amines is 2. The molecule has 15 heavy (non-hydrogen) atoms. The summed E-state index contributed by atoms with van der Waals surface area (Å²) < 4.78 is 1.03. The first-order valence-corrected chi connectivity index (χ1v) is 5.16. The maximum Gasteiger partial charge on any atom is 0.340 e. The number of nitrogens with zero attached hydrogens (tertiary/aromatic N) is 1. The van der Waals surface area contributed by atoms with Gasteiger partial charge in [0.2, 0.25) is 0 Å². The molecule has 0 saturated heterocycles. The predicted molar refractivity (Wildman–Crippen MR) is 60.7 cm³/mol. The summed E-state index contributed by atoms with van der Waals surface area (Å²) >= 11 is 3.35. The SMILES string of the molecule is O=c1[nH]nc(CNc2ccc(Br)cc2)[nH]1. The van der Waals surface area contributed by atoms with E-state index in [0.717, 1.165) is 10.2 Å². The molecule has 0 aliphatic carbocycles. The van der Waals surface area contributed by atoms with E-state index in [-0.39, 0.29) is 5.69 Å². The van der Waals surface area contributed by atoms with Crippen molar-refractivity contribution in [3.63, 3.8) is 0 Å². The minimum atomic E-state index is -0.289. The highest BCUT2D eigenvalue weighted by atomic mass is 79.9. The average Bonchev–Trinajstić information content (AvgIpc) is 2.64. The maximum atomic E-state index is 10.7. The molecule has 0 bridgehead atoms. The van der Waals surface area contributed by atoms with Crippen LogP contribution in [0.2, 0.25) is 0 Å². The Hall–Kier alpha value is -1.56. The van der Waals surface area contributed by atoms with Crippen molar-refractivity contribution in [3.05, 3.63) is 45.0 Å². The van der Waals surface area contributed by atoms with Crippen LogP contribution in [0.4, 0.5) is 5.69 Å². The lowest BCUT2D eigenvalue weighted by Crippen LogP contribution is -2.04. The van der Waals surface area contributed by atoms with Crippen molar-refractivity contribution in [2.45, 2.75) is 6.54 Å². The fraction of sp³-hybridized carbons (Fsp3) is 0.111. The summed E-state index contributed by atoms with van der Waals surface area (Å²) in [6, 6.07) is 7.76. The lowest BCUT2D eigenvalue weighted by Gasteiger charge is -2.03. The van der Waals surface area contributed by atoms with Crippen LogP contribution in [-0.4, -0.2) is 15.2 Å². The molecule has 0 atom stereocenters. The molecule has 0 fully saturated rings. The van der Waals surface area contributed by atoms with Crippen LogP contribution in [-0.2, 0) is 6.54 Å². The van der Waals surface area contributed by atoms with Crippen LogP contribution in [0.1, 0.15) is 5.82 Å². The van der Waals surface area contributed by atoms with Gasteiger partial charge in [0.25, 0.3) is 0 Å². The second-order valence-corrected chi connectivity index (χ2v) is 3.90. The second-order valence-electron chi connectivity index (χ2n) is 2.98. The summed E-state index contributed by atoms with van der Waals surface area (Å²) in [4.78, 5) is 13.3. The molecule has 2 rings (SSSR count). The highest BCUT2D eigenvalue weighted by molar-refractivity contribution is 9.10. The fourth-order valence-corrected chi connectivity index (χ4v) is 1.41. The van der Waals surface area contributed by atoms with Crippen molar-refractivity contribution < 1.29 is 0 Å². The van der Waals surface area contributed by atoms with Crippen LogP contribution in [0.25, 0.3) is 0 Å². The Balaban J connectivity index is 1.99. The Morgan fingerprint density at radius 3 is 2.67 bits per heavy atom.